The predicted octanol–water partition coefficient (Wildman–Crippen LogP) is 1.05. The molecule has 9 heteroatoms. The number of benzene rings is 1. The fourth-order valence-corrected chi connectivity index (χ4v) is 1.72. The zero-order chi connectivity index (χ0) is 15.2. The first-order valence-electron chi connectivity index (χ1n) is 6.17. The van der Waals surface area contributed by atoms with E-state index in [0.717, 1.165) is 12.1 Å². The minimum Gasteiger partial charge on any atom is -0.383 e. The van der Waals surface area contributed by atoms with E-state index in [2.05, 4.69) is 15.6 Å². The molecule has 8 nitrogen and oxygen atoms in total. The molecule has 112 valence electrons. The van der Waals surface area contributed by atoms with Gasteiger partial charge in [0.05, 0.1) is 29.5 Å². The fraction of sp³-hybridized carbons (Fsp3) is 0.333. The Labute approximate surface area is 119 Å². The van der Waals surface area contributed by atoms with Crippen molar-refractivity contribution < 1.29 is 14.1 Å². The molecule has 0 unspecified atom stereocenters. The number of rotatable bonds is 7. The first-order chi connectivity index (χ1) is 10.1. The van der Waals surface area contributed by atoms with Crippen molar-refractivity contribution in [3.05, 3.63) is 46.0 Å². The van der Waals surface area contributed by atoms with Crippen molar-refractivity contribution in [3.8, 4) is 5.69 Å². The normalized spacial score (nSPS) is 10.8. The summed E-state index contributed by atoms with van der Waals surface area (Å²) in [4.78, 5) is 10.3. The van der Waals surface area contributed by atoms with Gasteiger partial charge in [0.25, 0.3) is 5.69 Å². The lowest BCUT2D eigenvalue weighted by Crippen LogP contribution is -2.18. The van der Waals surface area contributed by atoms with Crippen LogP contribution in [-0.4, -0.2) is 40.2 Å². The van der Waals surface area contributed by atoms with Gasteiger partial charge < -0.3 is 10.1 Å². The van der Waals surface area contributed by atoms with Crippen molar-refractivity contribution in [2.45, 2.75) is 6.54 Å². The minimum absolute atomic E-state index is 0.164. The van der Waals surface area contributed by atoms with Crippen LogP contribution in [-0.2, 0) is 11.3 Å². The molecular weight excluding hydrogens is 281 g/mol. The zero-order valence-corrected chi connectivity index (χ0v) is 11.3. The number of hydrogen-bond donors (Lipinski definition) is 1. The van der Waals surface area contributed by atoms with Gasteiger partial charge in [-0.3, -0.25) is 10.1 Å². The summed E-state index contributed by atoms with van der Waals surface area (Å²) in [6.07, 6.45) is 1.56. The summed E-state index contributed by atoms with van der Waals surface area (Å²) in [5.41, 5.74) is 0.417. The third kappa shape index (κ3) is 3.80. The number of halogens is 1. The van der Waals surface area contributed by atoms with Crippen molar-refractivity contribution in [2.75, 3.05) is 20.3 Å². The molecule has 0 amide bonds. The molecular formula is C12H14FN5O3. The highest BCUT2D eigenvalue weighted by Crippen LogP contribution is 2.23. The second-order valence-corrected chi connectivity index (χ2v) is 4.21. The van der Waals surface area contributed by atoms with Gasteiger partial charge in [-0.15, -0.1) is 5.10 Å². The van der Waals surface area contributed by atoms with E-state index in [-0.39, 0.29) is 11.4 Å². The number of ether oxygens (including phenoxy) is 1. The van der Waals surface area contributed by atoms with Gasteiger partial charge >= 0.3 is 0 Å². The maximum atomic E-state index is 13.1. The van der Waals surface area contributed by atoms with E-state index in [9.17, 15) is 14.5 Å². The van der Waals surface area contributed by atoms with Gasteiger partial charge in [0.2, 0.25) is 0 Å². The Bertz CT molecular complexity index is 631. The molecule has 0 atom stereocenters. The van der Waals surface area contributed by atoms with Crippen LogP contribution in [0, 0.1) is 15.9 Å². The molecule has 2 aromatic rings. The highest BCUT2D eigenvalue weighted by atomic mass is 19.1. The van der Waals surface area contributed by atoms with Gasteiger partial charge in [-0.25, -0.2) is 9.07 Å². The third-order valence-electron chi connectivity index (χ3n) is 2.71. The average Bonchev–Trinajstić information content (AvgIpc) is 2.92. The van der Waals surface area contributed by atoms with Crippen molar-refractivity contribution in [1.29, 1.82) is 0 Å². The van der Waals surface area contributed by atoms with Gasteiger partial charge in [-0.2, -0.15) is 0 Å². The molecule has 1 N–H and O–H groups in total. The van der Waals surface area contributed by atoms with E-state index in [1.807, 2.05) is 0 Å². The Kier molecular flexibility index (Phi) is 4.90. The standard InChI is InChI=1S/C12H14FN5O3/c1-21-5-4-14-7-10-8-17(16-15-10)11-3-2-9(13)6-12(11)18(19)20/h2-3,6,8,14H,4-5,7H2,1H3. The summed E-state index contributed by atoms with van der Waals surface area (Å²) < 4.78 is 19.2. The molecule has 21 heavy (non-hydrogen) atoms. The van der Waals surface area contributed by atoms with Crippen LogP contribution in [0.25, 0.3) is 5.69 Å². The van der Waals surface area contributed by atoms with E-state index in [0.29, 0.717) is 25.4 Å². The first kappa shape index (κ1) is 15.0. The van der Waals surface area contributed by atoms with Gasteiger partial charge in [0.1, 0.15) is 11.5 Å². The third-order valence-corrected chi connectivity index (χ3v) is 2.71. The lowest BCUT2D eigenvalue weighted by atomic mass is 10.2. The van der Waals surface area contributed by atoms with Crippen LogP contribution in [0.3, 0.4) is 0 Å². The van der Waals surface area contributed by atoms with Crippen LogP contribution in [0.4, 0.5) is 10.1 Å². The lowest BCUT2D eigenvalue weighted by Gasteiger charge is -2.02. The van der Waals surface area contributed by atoms with Crippen molar-refractivity contribution in [2.24, 2.45) is 0 Å². The Morgan fingerprint density at radius 2 is 2.33 bits per heavy atom. The van der Waals surface area contributed by atoms with Crippen LogP contribution in [0.2, 0.25) is 0 Å². The van der Waals surface area contributed by atoms with E-state index in [1.165, 1.54) is 10.7 Å². The monoisotopic (exact) mass is 295 g/mol. The summed E-state index contributed by atoms with van der Waals surface area (Å²) in [6, 6.07) is 3.29. The molecule has 0 saturated heterocycles. The van der Waals surface area contributed by atoms with Gasteiger partial charge in [0.15, 0.2) is 0 Å². The summed E-state index contributed by atoms with van der Waals surface area (Å²) in [7, 11) is 1.60. The predicted molar refractivity (Wildman–Crippen MR) is 71.6 cm³/mol. The Hall–Kier alpha value is -2.39. The number of aromatic nitrogens is 3. The molecule has 1 aromatic carbocycles. The largest absolute Gasteiger partial charge is 0.383 e. The smallest absolute Gasteiger partial charge is 0.297 e. The van der Waals surface area contributed by atoms with Crippen molar-refractivity contribution in [1.82, 2.24) is 20.3 Å². The maximum Gasteiger partial charge on any atom is 0.297 e. The quantitative estimate of drug-likeness (QED) is 0.466. The molecule has 0 saturated carbocycles. The molecule has 0 spiro atoms. The second-order valence-electron chi connectivity index (χ2n) is 4.21. The van der Waals surface area contributed by atoms with Gasteiger partial charge in [-0.05, 0) is 12.1 Å². The molecule has 1 heterocycles. The summed E-state index contributed by atoms with van der Waals surface area (Å²) >= 11 is 0. The van der Waals surface area contributed by atoms with E-state index in [4.69, 9.17) is 4.74 Å². The molecule has 0 fully saturated rings. The second kappa shape index (κ2) is 6.86. The summed E-state index contributed by atoms with van der Waals surface area (Å²) in [6.45, 7) is 1.68. The lowest BCUT2D eigenvalue weighted by molar-refractivity contribution is -0.384. The Balaban J connectivity index is 2.16. The average molecular weight is 295 g/mol. The zero-order valence-electron chi connectivity index (χ0n) is 11.3. The minimum atomic E-state index is -0.674. The fourth-order valence-electron chi connectivity index (χ4n) is 1.72. The molecule has 0 bridgehead atoms. The van der Waals surface area contributed by atoms with Crippen molar-refractivity contribution >= 4 is 5.69 Å². The van der Waals surface area contributed by atoms with Crippen LogP contribution >= 0.6 is 0 Å². The van der Waals surface area contributed by atoms with Crippen LogP contribution in [0.1, 0.15) is 5.69 Å². The number of nitro groups is 1. The highest BCUT2D eigenvalue weighted by Gasteiger charge is 2.17. The molecule has 2 rings (SSSR count). The maximum absolute atomic E-state index is 13.1. The molecule has 0 aliphatic carbocycles. The van der Waals surface area contributed by atoms with E-state index >= 15 is 0 Å². The van der Waals surface area contributed by atoms with Crippen LogP contribution in [0.15, 0.2) is 24.4 Å². The summed E-state index contributed by atoms with van der Waals surface area (Å²) in [5, 5.41) is 21.8. The van der Waals surface area contributed by atoms with Gasteiger partial charge in [0, 0.05) is 20.2 Å². The number of nitrogens with zero attached hydrogens (tertiary/aromatic N) is 4. The number of nitrogens with one attached hydrogen (secondary N) is 1. The molecule has 0 aliphatic heterocycles. The Morgan fingerprint density at radius 3 is 3.05 bits per heavy atom. The SMILES string of the molecule is COCCNCc1cn(-c2ccc(F)cc2[N+](=O)[O-])nn1. The summed E-state index contributed by atoms with van der Waals surface area (Å²) in [5.74, 6) is -0.674. The number of nitro benzene ring substituents is 1. The number of hydrogen-bond acceptors (Lipinski definition) is 6. The highest BCUT2D eigenvalue weighted by molar-refractivity contribution is 5.51. The van der Waals surface area contributed by atoms with Gasteiger partial charge in [-0.1, -0.05) is 5.21 Å². The molecule has 0 aliphatic rings. The van der Waals surface area contributed by atoms with Crippen molar-refractivity contribution in [3.63, 3.8) is 0 Å². The van der Waals surface area contributed by atoms with Crippen LogP contribution in [0.5, 0.6) is 0 Å². The topological polar surface area (TPSA) is 95.1 Å². The number of methoxy groups -OCH3 is 1. The molecule has 1 aromatic heterocycles. The first-order valence-corrected chi connectivity index (χ1v) is 6.17. The van der Waals surface area contributed by atoms with E-state index < -0.39 is 10.7 Å². The van der Waals surface area contributed by atoms with E-state index in [1.54, 1.807) is 13.3 Å². The molecule has 0 radical (unpaired) electrons. The Morgan fingerprint density at radius 1 is 1.52 bits per heavy atom. The van der Waals surface area contributed by atoms with Crippen LogP contribution < -0.4 is 5.32 Å².